The van der Waals surface area contributed by atoms with Gasteiger partial charge in [-0.1, -0.05) is 6.07 Å². The fourth-order valence-corrected chi connectivity index (χ4v) is 1.93. The topological polar surface area (TPSA) is 32.3 Å². The molecule has 1 saturated heterocycles. The summed E-state index contributed by atoms with van der Waals surface area (Å²) in [5.74, 6) is -0.456. The summed E-state index contributed by atoms with van der Waals surface area (Å²) >= 11 is 0. The zero-order valence-electron chi connectivity index (χ0n) is 9.65. The molecule has 17 heavy (non-hydrogen) atoms. The van der Waals surface area contributed by atoms with Gasteiger partial charge in [0.15, 0.2) is 0 Å². The van der Waals surface area contributed by atoms with Gasteiger partial charge in [0.1, 0.15) is 5.82 Å². The van der Waals surface area contributed by atoms with Crippen LogP contribution in [-0.4, -0.2) is 36.5 Å². The largest absolute Gasteiger partial charge is 0.333 e. The minimum atomic E-state index is -0.367. The average molecular weight is 259 g/mol. The maximum Gasteiger partial charge on any atom is 0.254 e. The van der Waals surface area contributed by atoms with E-state index in [2.05, 4.69) is 5.32 Å². The van der Waals surface area contributed by atoms with Crippen molar-refractivity contribution >= 4 is 18.3 Å². The number of nitrogens with zero attached hydrogens (tertiary/aromatic N) is 1. The predicted molar refractivity (Wildman–Crippen MR) is 67.0 cm³/mol. The van der Waals surface area contributed by atoms with Gasteiger partial charge < -0.3 is 10.2 Å². The molecule has 0 bridgehead atoms. The van der Waals surface area contributed by atoms with Gasteiger partial charge in [0.05, 0.1) is 0 Å². The third-order valence-electron chi connectivity index (χ3n) is 2.83. The van der Waals surface area contributed by atoms with Gasteiger partial charge in [-0.25, -0.2) is 4.39 Å². The molecule has 0 aliphatic carbocycles. The number of piperazine rings is 1. The molecule has 1 aliphatic rings. The molecular formula is C12H16ClFN2O. The molecule has 2 rings (SSSR count). The highest BCUT2D eigenvalue weighted by Gasteiger charge is 2.23. The number of halogens is 2. The second-order valence-electron chi connectivity index (χ2n) is 4.06. The van der Waals surface area contributed by atoms with E-state index in [0.29, 0.717) is 12.1 Å². The van der Waals surface area contributed by atoms with Crippen LogP contribution in [0.4, 0.5) is 4.39 Å². The van der Waals surface area contributed by atoms with Crippen LogP contribution in [-0.2, 0) is 0 Å². The van der Waals surface area contributed by atoms with E-state index in [4.69, 9.17) is 0 Å². The molecule has 0 radical (unpaired) electrons. The molecule has 1 aromatic rings. The highest BCUT2D eigenvalue weighted by molar-refractivity contribution is 5.94. The molecule has 0 aromatic heterocycles. The smallest absolute Gasteiger partial charge is 0.254 e. The lowest BCUT2D eigenvalue weighted by molar-refractivity contribution is 0.0655. The summed E-state index contributed by atoms with van der Waals surface area (Å²) < 4.78 is 13.0. The van der Waals surface area contributed by atoms with Crippen molar-refractivity contribution in [3.63, 3.8) is 0 Å². The number of benzene rings is 1. The van der Waals surface area contributed by atoms with Gasteiger partial charge in [-0.15, -0.1) is 12.4 Å². The number of amides is 1. The van der Waals surface area contributed by atoms with E-state index in [9.17, 15) is 9.18 Å². The first-order valence-electron chi connectivity index (χ1n) is 5.46. The molecule has 0 unspecified atom stereocenters. The Kier molecular flexibility index (Phi) is 4.90. The molecule has 1 aliphatic heterocycles. The summed E-state index contributed by atoms with van der Waals surface area (Å²) in [6.07, 6.45) is 0. The number of hydrogen-bond acceptors (Lipinski definition) is 2. The Labute approximate surface area is 106 Å². The molecule has 1 aromatic carbocycles. The van der Waals surface area contributed by atoms with Gasteiger partial charge in [-0.3, -0.25) is 4.79 Å². The van der Waals surface area contributed by atoms with E-state index in [1.807, 2.05) is 6.92 Å². The minimum Gasteiger partial charge on any atom is -0.333 e. The maximum atomic E-state index is 13.0. The van der Waals surface area contributed by atoms with Gasteiger partial charge in [0, 0.05) is 31.2 Å². The van der Waals surface area contributed by atoms with Crippen LogP contribution in [0, 0.1) is 5.82 Å². The van der Waals surface area contributed by atoms with Crippen LogP contribution >= 0.6 is 12.4 Å². The van der Waals surface area contributed by atoms with Gasteiger partial charge in [0.25, 0.3) is 5.91 Å². The summed E-state index contributed by atoms with van der Waals surface area (Å²) in [7, 11) is 0. The van der Waals surface area contributed by atoms with Gasteiger partial charge in [0.2, 0.25) is 0 Å². The van der Waals surface area contributed by atoms with E-state index in [0.717, 1.165) is 13.1 Å². The molecule has 1 fully saturated rings. The fourth-order valence-electron chi connectivity index (χ4n) is 1.93. The van der Waals surface area contributed by atoms with Crippen LogP contribution in [0.25, 0.3) is 0 Å². The summed E-state index contributed by atoms with van der Waals surface area (Å²) in [5.41, 5.74) is 0.425. The van der Waals surface area contributed by atoms with Crippen molar-refractivity contribution < 1.29 is 9.18 Å². The van der Waals surface area contributed by atoms with Crippen LogP contribution < -0.4 is 5.32 Å². The Morgan fingerprint density at radius 1 is 1.53 bits per heavy atom. The van der Waals surface area contributed by atoms with Gasteiger partial charge in [-0.2, -0.15) is 0 Å². The first-order chi connectivity index (χ1) is 7.68. The molecule has 0 spiro atoms. The lowest BCUT2D eigenvalue weighted by Gasteiger charge is -2.34. The van der Waals surface area contributed by atoms with Crippen molar-refractivity contribution in [2.24, 2.45) is 0 Å². The van der Waals surface area contributed by atoms with Crippen LogP contribution in [0.1, 0.15) is 17.3 Å². The second kappa shape index (κ2) is 5.98. The molecule has 5 heteroatoms. The van der Waals surface area contributed by atoms with Crippen molar-refractivity contribution in [1.82, 2.24) is 10.2 Å². The first kappa shape index (κ1) is 13.9. The third kappa shape index (κ3) is 3.17. The Morgan fingerprint density at radius 2 is 2.29 bits per heavy atom. The van der Waals surface area contributed by atoms with Crippen LogP contribution in [0.15, 0.2) is 24.3 Å². The van der Waals surface area contributed by atoms with E-state index < -0.39 is 0 Å². The van der Waals surface area contributed by atoms with E-state index in [1.165, 1.54) is 12.1 Å². The molecule has 0 saturated carbocycles. The summed E-state index contributed by atoms with van der Waals surface area (Å²) in [6.45, 7) is 4.26. The predicted octanol–water partition coefficient (Wildman–Crippen LogP) is 1.68. The SMILES string of the molecule is C[C@@H]1CNCCN1C(=O)c1cccc(F)c1.Cl. The molecular weight excluding hydrogens is 243 g/mol. The number of hydrogen-bond donors (Lipinski definition) is 1. The Bertz CT molecular complexity index is 400. The molecule has 3 nitrogen and oxygen atoms in total. The number of carbonyl (C=O) groups is 1. The van der Waals surface area contributed by atoms with E-state index in [-0.39, 0.29) is 30.2 Å². The summed E-state index contributed by atoms with van der Waals surface area (Å²) in [5, 5.41) is 3.21. The third-order valence-corrected chi connectivity index (χ3v) is 2.83. The number of carbonyl (C=O) groups excluding carboxylic acids is 1. The monoisotopic (exact) mass is 258 g/mol. The second-order valence-corrected chi connectivity index (χ2v) is 4.06. The van der Waals surface area contributed by atoms with Crippen molar-refractivity contribution in [2.75, 3.05) is 19.6 Å². The Balaban J connectivity index is 0.00000144. The maximum absolute atomic E-state index is 13.0. The number of nitrogens with one attached hydrogen (secondary N) is 1. The Hall–Kier alpha value is -1.13. The lowest BCUT2D eigenvalue weighted by Crippen LogP contribution is -2.52. The van der Waals surface area contributed by atoms with Gasteiger partial charge >= 0.3 is 0 Å². The standard InChI is InChI=1S/C12H15FN2O.ClH/c1-9-8-14-5-6-15(9)12(16)10-3-2-4-11(13)7-10;/h2-4,7,9,14H,5-6,8H2,1H3;1H/t9-;/m1./s1. The zero-order chi connectivity index (χ0) is 11.5. The van der Waals surface area contributed by atoms with Crippen LogP contribution in [0.5, 0.6) is 0 Å². The van der Waals surface area contributed by atoms with Crippen LogP contribution in [0.3, 0.4) is 0 Å². The quantitative estimate of drug-likeness (QED) is 0.831. The molecule has 1 N–H and O–H groups in total. The average Bonchev–Trinajstić information content (AvgIpc) is 2.29. The summed E-state index contributed by atoms with van der Waals surface area (Å²) in [6, 6.07) is 6.01. The van der Waals surface area contributed by atoms with Crippen molar-refractivity contribution in [1.29, 1.82) is 0 Å². The molecule has 1 atom stereocenters. The highest BCUT2D eigenvalue weighted by atomic mass is 35.5. The fraction of sp³-hybridized carbons (Fsp3) is 0.417. The minimum absolute atomic E-state index is 0. The molecule has 94 valence electrons. The summed E-state index contributed by atoms with van der Waals surface area (Å²) in [4.78, 5) is 13.9. The van der Waals surface area contributed by atoms with Crippen molar-refractivity contribution in [3.05, 3.63) is 35.6 Å². The normalized spacial score (nSPS) is 19.6. The van der Waals surface area contributed by atoms with Crippen molar-refractivity contribution in [2.45, 2.75) is 13.0 Å². The first-order valence-corrected chi connectivity index (χ1v) is 5.46. The Morgan fingerprint density at radius 3 is 2.94 bits per heavy atom. The highest BCUT2D eigenvalue weighted by Crippen LogP contribution is 2.11. The molecule has 1 amide bonds. The lowest BCUT2D eigenvalue weighted by atomic mass is 10.1. The van der Waals surface area contributed by atoms with Gasteiger partial charge in [-0.05, 0) is 25.1 Å². The van der Waals surface area contributed by atoms with E-state index >= 15 is 0 Å². The van der Waals surface area contributed by atoms with Crippen molar-refractivity contribution in [3.8, 4) is 0 Å². The number of rotatable bonds is 1. The zero-order valence-corrected chi connectivity index (χ0v) is 10.5. The van der Waals surface area contributed by atoms with E-state index in [1.54, 1.807) is 17.0 Å². The van der Waals surface area contributed by atoms with Crippen LogP contribution in [0.2, 0.25) is 0 Å². The molecule has 1 heterocycles.